The van der Waals surface area contributed by atoms with E-state index < -0.39 is 11.5 Å². The van der Waals surface area contributed by atoms with Gasteiger partial charge in [-0.2, -0.15) is 0 Å². The third kappa shape index (κ3) is 3.66. The number of para-hydroxylation sites is 1. The van der Waals surface area contributed by atoms with E-state index in [1.54, 1.807) is 0 Å². The largest absolute Gasteiger partial charge is 0.363 e. The van der Waals surface area contributed by atoms with Crippen LogP contribution in [0.4, 0.5) is 5.69 Å². The van der Waals surface area contributed by atoms with Crippen molar-refractivity contribution >= 4 is 22.6 Å². The number of benzene rings is 4. The molecule has 0 radical (unpaired) electrons. The number of carbonyl (C=O) groups excluding carboxylic acids is 1. The first-order valence-electron chi connectivity index (χ1n) is 13.9. The molecule has 2 heteroatoms. The summed E-state index contributed by atoms with van der Waals surface area (Å²) in [4.78, 5) is 17.3. The predicted octanol–water partition coefficient (Wildman–Crippen LogP) is 8.47. The molecule has 3 atom stereocenters. The molecule has 0 amide bonds. The number of likely N-dealkylation sites (N-methyl/N-ethyl adjacent to an activating group) is 1. The van der Waals surface area contributed by atoms with Gasteiger partial charge in [0.25, 0.3) is 0 Å². The normalized spacial score (nSPS) is 23.9. The number of ketones is 1. The number of nitrogens with zero attached hydrogens (tertiary/aromatic N) is 1. The summed E-state index contributed by atoms with van der Waals surface area (Å²) in [6, 6.07) is 39.6. The summed E-state index contributed by atoms with van der Waals surface area (Å²) in [5.41, 5.74) is 6.72. The highest BCUT2D eigenvalue weighted by molar-refractivity contribution is 6.10. The maximum Gasteiger partial charge on any atom is 0.173 e. The standard InChI is InChI=1S/C37H35NO/c1-26(2)36(3)32-22-14-15-23-33(32)38(4)37(36)25-30(27-16-8-5-9-17-27)24-31(28-18-10-6-11-19-28)34(37)35(39)29-20-12-7-13-21-29/h5-26,34H,1-4H3. The molecular weight excluding hydrogens is 474 g/mol. The Labute approximate surface area is 232 Å². The van der Waals surface area contributed by atoms with Crippen LogP contribution >= 0.6 is 0 Å². The molecule has 1 spiro atoms. The molecule has 4 aromatic rings. The number of Topliss-reactive ketones (excluding diaryl/α,β-unsaturated/α-hetero) is 1. The van der Waals surface area contributed by atoms with Gasteiger partial charge in [-0.25, -0.2) is 0 Å². The highest BCUT2D eigenvalue weighted by Crippen LogP contribution is 2.62. The minimum Gasteiger partial charge on any atom is -0.363 e. The van der Waals surface area contributed by atoms with Crippen LogP contribution in [0.3, 0.4) is 0 Å². The summed E-state index contributed by atoms with van der Waals surface area (Å²) in [5.74, 6) is -0.00164. The van der Waals surface area contributed by atoms with E-state index in [2.05, 4.69) is 124 Å². The van der Waals surface area contributed by atoms with Crippen LogP contribution in [-0.4, -0.2) is 18.4 Å². The molecule has 39 heavy (non-hydrogen) atoms. The van der Waals surface area contributed by atoms with Gasteiger partial charge in [0.2, 0.25) is 0 Å². The molecule has 2 nitrogen and oxygen atoms in total. The molecule has 1 aliphatic carbocycles. The first-order valence-corrected chi connectivity index (χ1v) is 13.9. The Hall–Kier alpha value is -4.17. The summed E-state index contributed by atoms with van der Waals surface area (Å²) in [5, 5.41) is 0. The summed E-state index contributed by atoms with van der Waals surface area (Å²) in [7, 11) is 2.19. The van der Waals surface area contributed by atoms with Crippen molar-refractivity contribution < 1.29 is 4.79 Å². The van der Waals surface area contributed by atoms with Gasteiger partial charge < -0.3 is 4.90 Å². The van der Waals surface area contributed by atoms with Crippen molar-refractivity contribution in [3.05, 3.63) is 150 Å². The Morgan fingerprint density at radius 1 is 0.744 bits per heavy atom. The molecule has 4 aromatic carbocycles. The van der Waals surface area contributed by atoms with Crippen molar-refractivity contribution in [2.45, 2.75) is 31.7 Å². The molecule has 0 saturated carbocycles. The van der Waals surface area contributed by atoms with E-state index in [1.165, 1.54) is 11.3 Å². The van der Waals surface area contributed by atoms with Crippen molar-refractivity contribution in [2.75, 3.05) is 11.9 Å². The van der Waals surface area contributed by atoms with Gasteiger partial charge in [0.15, 0.2) is 5.78 Å². The van der Waals surface area contributed by atoms with Crippen molar-refractivity contribution in [3.8, 4) is 0 Å². The Morgan fingerprint density at radius 3 is 1.90 bits per heavy atom. The van der Waals surface area contributed by atoms with Crippen LogP contribution in [-0.2, 0) is 5.41 Å². The van der Waals surface area contributed by atoms with Gasteiger partial charge in [-0.05, 0) is 52.0 Å². The Bertz CT molecular complexity index is 1570. The van der Waals surface area contributed by atoms with Crippen LogP contribution in [0.25, 0.3) is 11.1 Å². The van der Waals surface area contributed by atoms with Crippen molar-refractivity contribution in [1.82, 2.24) is 0 Å². The van der Waals surface area contributed by atoms with Crippen molar-refractivity contribution in [3.63, 3.8) is 0 Å². The third-order valence-corrected chi connectivity index (χ3v) is 9.34. The predicted molar refractivity (Wildman–Crippen MR) is 163 cm³/mol. The number of anilines is 1. The maximum absolute atomic E-state index is 14.9. The van der Waals surface area contributed by atoms with E-state index in [1.807, 2.05) is 36.4 Å². The lowest BCUT2D eigenvalue weighted by molar-refractivity contribution is 0.0853. The average molecular weight is 510 g/mol. The van der Waals surface area contributed by atoms with E-state index in [4.69, 9.17) is 0 Å². The molecule has 2 aliphatic rings. The second-order valence-electron chi connectivity index (χ2n) is 11.4. The van der Waals surface area contributed by atoms with Crippen LogP contribution < -0.4 is 4.90 Å². The Morgan fingerprint density at radius 2 is 1.28 bits per heavy atom. The topological polar surface area (TPSA) is 20.3 Å². The number of hydrogen-bond donors (Lipinski definition) is 0. The van der Waals surface area contributed by atoms with E-state index in [0.717, 1.165) is 27.8 Å². The zero-order valence-electron chi connectivity index (χ0n) is 23.1. The van der Waals surface area contributed by atoms with E-state index in [9.17, 15) is 4.79 Å². The second-order valence-corrected chi connectivity index (χ2v) is 11.4. The average Bonchev–Trinajstić information content (AvgIpc) is 3.18. The molecule has 0 N–H and O–H groups in total. The van der Waals surface area contributed by atoms with Crippen LogP contribution in [0, 0.1) is 11.8 Å². The van der Waals surface area contributed by atoms with Gasteiger partial charge in [0, 0.05) is 23.7 Å². The SMILES string of the molecule is CC(C)C1(C)c2ccccc2N(C)C12C=C(c1ccccc1)C=C(c1ccccc1)C2C(=O)c1ccccc1. The van der Waals surface area contributed by atoms with Gasteiger partial charge in [0.05, 0.1) is 11.5 Å². The van der Waals surface area contributed by atoms with Crippen LogP contribution in [0.2, 0.25) is 0 Å². The van der Waals surface area contributed by atoms with Gasteiger partial charge in [-0.1, -0.05) is 130 Å². The van der Waals surface area contributed by atoms with Crippen LogP contribution in [0.15, 0.2) is 127 Å². The molecule has 6 rings (SSSR count). The second kappa shape index (κ2) is 9.54. The quantitative estimate of drug-likeness (QED) is 0.252. The lowest BCUT2D eigenvalue weighted by Crippen LogP contribution is -2.64. The van der Waals surface area contributed by atoms with Crippen molar-refractivity contribution in [2.24, 2.45) is 11.8 Å². The molecule has 0 aromatic heterocycles. The van der Waals surface area contributed by atoms with Gasteiger partial charge in [0.1, 0.15) is 0 Å². The highest BCUT2D eigenvalue weighted by Gasteiger charge is 2.65. The van der Waals surface area contributed by atoms with Gasteiger partial charge in [-0.15, -0.1) is 0 Å². The van der Waals surface area contributed by atoms with Crippen LogP contribution in [0.1, 0.15) is 47.8 Å². The number of allylic oxidation sites excluding steroid dienone is 2. The summed E-state index contributed by atoms with van der Waals surface area (Å²) in [6.45, 7) is 6.98. The Balaban J connectivity index is 1.73. The summed E-state index contributed by atoms with van der Waals surface area (Å²) >= 11 is 0. The molecule has 0 bridgehead atoms. The third-order valence-electron chi connectivity index (χ3n) is 9.34. The molecule has 3 unspecified atom stereocenters. The molecular formula is C37H35NO. The van der Waals surface area contributed by atoms with E-state index in [-0.39, 0.29) is 17.1 Å². The monoisotopic (exact) mass is 509 g/mol. The first kappa shape index (κ1) is 25.1. The zero-order valence-corrected chi connectivity index (χ0v) is 23.1. The fourth-order valence-electron chi connectivity index (χ4n) is 7.12. The summed E-state index contributed by atoms with van der Waals surface area (Å²) in [6.07, 6.45) is 4.68. The smallest absolute Gasteiger partial charge is 0.173 e. The fourth-order valence-corrected chi connectivity index (χ4v) is 7.12. The van der Waals surface area contributed by atoms with Gasteiger partial charge in [-0.3, -0.25) is 4.79 Å². The zero-order chi connectivity index (χ0) is 27.2. The number of fused-ring (bicyclic) bond motifs is 1. The minimum absolute atomic E-state index is 0.153. The highest BCUT2D eigenvalue weighted by atomic mass is 16.1. The Kier molecular flexibility index (Phi) is 6.14. The number of carbonyl (C=O) groups is 1. The molecule has 1 heterocycles. The molecule has 194 valence electrons. The minimum atomic E-state index is -0.636. The van der Waals surface area contributed by atoms with E-state index in [0.29, 0.717) is 0 Å². The van der Waals surface area contributed by atoms with Crippen molar-refractivity contribution in [1.29, 1.82) is 0 Å². The molecule has 0 saturated heterocycles. The fraction of sp³-hybridized carbons (Fsp3) is 0.216. The number of rotatable bonds is 5. The lowest BCUT2D eigenvalue weighted by atomic mass is 9.53. The number of hydrogen-bond acceptors (Lipinski definition) is 2. The van der Waals surface area contributed by atoms with Crippen LogP contribution in [0.5, 0.6) is 0 Å². The van der Waals surface area contributed by atoms with E-state index >= 15 is 0 Å². The first-order chi connectivity index (χ1) is 18.9. The summed E-state index contributed by atoms with van der Waals surface area (Å²) < 4.78 is 0. The van der Waals surface area contributed by atoms with Gasteiger partial charge >= 0.3 is 0 Å². The maximum atomic E-state index is 14.9. The molecule has 0 fully saturated rings. The molecule has 1 aliphatic heterocycles. The lowest BCUT2D eigenvalue weighted by Gasteiger charge is -2.55.